The van der Waals surface area contributed by atoms with E-state index in [1.807, 2.05) is 54.6 Å². The Labute approximate surface area is 174 Å². The van der Waals surface area contributed by atoms with Gasteiger partial charge < -0.3 is 4.74 Å². The summed E-state index contributed by atoms with van der Waals surface area (Å²) in [5.74, 6) is 0.766. The lowest BCUT2D eigenvalue weighted by atomic mass is 10.1. The van der Waals surface area contributed by atoms with Crippen molar-refractivity contribution < 1.29 is 13.2 Å². The largest absolute Gasteiger partial charge is 0.497 e. The minimum absolute atomic E-state index is 0.174. The highest BCUT2D eigenvalue weighted by molar-refractivity contribution is 7.89. The maximum atomic E-state index is 13.1. The molecule has 0 saturated carbocycles. The van der Waals surface area contributed by atoms with Crippen LogP contribution < -0.4 is 9.46 Å². The number of ether oxygens (including phenoxy) is 1. The molecule has 7 nitrogen and oxygen atoms in total. The second kappa shape index (κ2) is 8.48. The first-order valence-corrected chi connectivity index (χ1v) is 10.7. The molecule has 0 aliphatic carbocycles. The molecule has 0 amide bonds. The minimum atomic E-state index is -3.79. The molecular weight excluding hydrogens is 400 g/mol. The molecule has 8 heteroatoms. The van der Waals surface area contributed by atoms with Crippen LogP contribution in [-0.2, 0) is 10.0 Å². The van der Waals surface area contributed by atoms with Gasteiger partial charge in [-0.3, -0.25) is 5.10 Å². The maximum absolute atomic E-state index is 13.1. The van der Waals surface area contributed by atoms with Crippen LogP contribution >= 0.6 is 0 Å². The van der Waals surface area contributed by atoms with Gasteiger partial charge in [-0.05, 0) is 41.0 Å². The molecule has 152 valence electrons. The Morgan fingerprint density at radius 1 is 0.900 bits per heavy atom. The summed E-state index contributed by atoms with van der Waals surface area (Å²) in [6, 6.07) is 23.0. The quantitative estimate of drug-likeness (QED) is 0.477. The van der Waals surface area contributed by atoms with Gasteiger partial charge in [0, 0.05) is 0 Å². The summed E-state index contributed by atoms with van der Waals surface area (Å²) in [7, 11) is -2.17. The average molecular weight is 420 g/mol. The Balaban J connectivity index is 1.60. The molecule has 4 aromatic rings. The molecular formula is C22H20N4O3S. The zero-order chi connectivity index (χ0) is 21.0. The van der Waals surface area contributed by atoms with Gasteiger partial charge in [-0.1, -0.05) is 59.8 Å². The third kappa shape index (κ3) is 4.24. The van der Waals surface area contributed by atoms with Gasteiger partial charge in [0.15, 0.2) is 0 Å². The van der Waals surface area contributed by atoms with E-state index < -0.39 is 16.1 Å². The molecule has 2 N–H and O–H groups in total. The van der Waals surface area contributed by atoms with E-state index in [2.05, 4.69) is 20.1 Å². The highest BCUT2D eigenvalue weighted by Gasteiger charge is 2.24. The van der Waals surface area contributed by atoms with E-state index in [0.29, 0.717) is 5.69 Å². The smallest absolute Gasteiger partial charge is 0.241 e. The van der Waals surface area contributed by atoms with E-state index in [1.165, 1.54) is 6.20 Å². The van der Waals surface area contributed by atoms with Gasteiger partial charge in [0.1, 0.15) is 5.75 Å². The van der Waals surface area contributed by atoms with Crippen LogP contribution in [0, 0.1) is 0 Å². The highest BCUT2D eigenvalue weighted by atomic mass is 32.2. The molecule has 1 atom stereocenters. The number of methoxy groups -OCH3 is 1. The fourth-order valence-corrected chi connectivity index (χ4v) is 4.34. The Morgan fingerprint density at radius 2 is 1.53 bits per heavy atom. The van der Waals surface area contributed by atoms with Crippen LogP contribution in [-0.4, -0.2) is 30.9 Å². The van der Waals surface area contributed by atoms with Gasteiger partial charge in [-0.2, -0.15) is 4.72 Å². The number of aromatic amines is 1. The molecule has 0 aliphatic rings. The zero-order valence-corrected chi connectivity index (χ0v) is 17.0. The molecule has 0 bridgehead atoms. The van der Waals surface area contributed by atoms with Crippen LogP contribution in [0.15, 0.2) is 90.0 Å². The van der Waals surface area contributed by atoms with E-state index in [9.17, 15) is 8.42 Å². The lowest BCUT2D eigenvalue weighted by Crippen LogP contribution is -2.29. The summed E-state index contributed by atoms with van der Waals surface area (Å²) in [5, 5.41) is 10.2. The van der Waals surface area contributed by atoms with Crippen LogP contribution in [0.3, 0.4) is 0 Å². The lowest BCUT2D eigenvalue weighted by molar-refractivity contribution is 0.415. The summed E-state index contributed by atoms with van der Waals surface area (Å²) in [6.45, 7) is 0. The Bertz CT molecular complexity index is 1190. The van der Waals surface area contributed by atoms with Gasteiger partial charge in [-0.25, -0.2) is 8.42 Å². The molecule has 1 heterocycles. The molecule has 0 spiro atoms. The third-order valence-corrected chi connectivity index (χ3v) is 6.18. The minimum Gasteiger partial charge on any atom is -0.497 e. The second-order valence-corrected chi connectivity index (χ2v) is 8.34. The molecule has 3 aromatic carbocycles. The van der Waals surface area contributed by atoms with Gasteiger partial charge >= 0.3 is 0 Å². The number of nitrogens with zero attached hydrogens (tertiary/aromatic N) is 2. The van der Waals surface area contributed by atoms with E-state index in [1.54, 1.807) is 31.4 Å². The summed E-state index contributed by atoms with van der Waals surface area (Å²) in [6.07, 6.45) is 1.51. The molecule has 4 rings (SSSR count). The molecule has 0 radical (unpaired) electrons. The van der Waals surface area contributed by atoms with Crippen LogP contribution in [0.25, 0.3) is 11.1 Å². The first-order chi connectivity index (χ1) is 14.6. The lowest BCUT2D eigenvalue weighted by Gasteiger charge is -2.17. The van der Waals surface area contributed by atoms with Crippen LogP contribution in [0.1, 0.15) is 17.3 Å². The van der Waals surface area contributed by atoms with Crippen molar-refractivity contribution in [1.29, 1.82) is 0 Å². The number of hydrogen-bond acceptors (Lipinski definition) is 5. The van der Waals surface area contributed by atoms with Crippen molar-refractivity contribution in [3.8, 4) is 16.9 Å². The molecule has 1 unspecified atom stereocenters. The Hall–Kier alpha value is -3.49. The average Bonchev–Trinajstić information content (AvgIpc) is 3.33. The fourth-order valence-electron chi connectivity index (χ4n) is 3.14. The van der Waals surface area contributed by atoms with E-state index in [-0.39, 0.29) is 4.90 Å². The second-order valence-electron chi connectivity index (χ2n) is 6.63. The SMILES string of the molecule is COc1ccc(-c2ccc(S(=O)(=O)NC(c3ccccc3)c3cnn[nH]3)cc2)cc1. The highest BCUT2D eigenvalue weighted by Crippen LogP contribution is 2.26. The topological polar surface area (TPSA) is 97.0 Å². The molecule has 30 heavy (non-hydrogen) atoms. The van der Waals surface area contributed by atoms with Crippen molar-refractivity contribution in [3.05, 3.63) is 96.3 Å². The standard InChI is InChI=1S/C22H20N4O3S/c1-29-19-11-7-16(8-12-19)17-9-13-20(14-10-17)30(27,28)25-22(21-15-23-26-24-21)18-5-3-2-4-6-18/h2-15,22,25H,1H3,(H,23,24,26). The van der Waals surface area contributed by atoms with E-state index >= 15 is 0 Å². The number of hydrogen-bond donors (Lipinski definition) is 2. The predicted octanol–water partition coefficient (Wildman–Crippen LogP) is 3.55. The first-order valence-electron chi connectivity index (χ1n) is 9.24. The van der Waals surface area contributed by atoms with Gasteiger partial charge in [-0.15, -0.1) is 5.10 Å². The fraction of sp³-hybridized carbons (Fsp3) is 0.0909. The van der Waals surface area contributed by atoms with Gasteiger partial charge in [0.2, 0.25) is 10.0 Å². The summed E-state index contributed by atoms with van der Waals surface area (Å²) in [5.41, 5.74) is 3.22. The summed E-state index contributed by atoms with van der Waals surface area (Å²) < 4.78 is 34.0. The number of aromatic nitrogens is 3. The van der Waals surface area contributed by atoms with Crippen molar-refractivity contribution in [1.82, 2.24) is 20.1 Å². The van der Waals surface area contributed by atoms with Crippen molar-refractivity contribution in [2.75, 3.05) is 7.11 Å². The van der Waals surface area contributed by atoms with Crippen molar-refractivity contribution in [3.63, 3.8) is 0 Å². The van der Waals surface area contributed by atoms with E-state index in [0.717, 1.165) is 22.4 Å². The molecule has 0 saturated heterocycles. The monoisotopic (exact) mass is 420 g/mol. The number of sulfonamides is 1. The number of nitrogens with one attached hydrogen (secondary N) is 2. The van der Waals surface area contributed by atoms with Gasteiger partial charge in [0.05, 0.1) is 29.9 Å². The van der Waals surface area contributed by atoms with Crippen molar-refractivity contribution >= 4 is 10.0 Å². The van der Waals surface area contributed by atoms with Crippen molar-refractivity contribution in [2.24, 2.45) is 0 Å². The Kier molecular flexibility index (Phi) is 5.60. The van der Waals surface area contributed by atoms with Crippen molar-refractivity contribution in [2.45, 2.75) is 10.9 Å². The number of rotatable bonds is 7. The number of benzene rings is 3. The Morgan fingerprint density at radius 3 is 2.10 bits per heavy atom. The van der Waals surface area contributed by atoms with Gasteiger partial charge in [0.25, 0.3) is 0 Å². The summed E-state index contributed by atoms with van der Waals surface area (Å²) >= 11 is 0. The molecule has 0 aliphatic heterocycles. The predicted molar refractivity (Wildman–Crippen MR) is 113 cm³/mol. The van der Waals surface area contributed by atoms with Crippen LogP contribution in [0.5, 0.6) is 5.75 Å². The molecule has 1 aromatic heterocycles. The van der Waals surface area contributed by atoms with E-state index in [4.69, 9.17) is 4.74 Å². The zero-order valence-electron chi connectivity index (χ0n) is 16.2. The molecule has 0 fully saturated rings. The summed E-state index contributed by atoms with van der Waals surface area (Å²) in [4.78, 5) is 0.174. The maximum Gasteiger partial charge on any atom is 0.241 e. The van der Waals surface area contributed by atoms with Crippen LogP contribution in [0.4, 0.5) is 0 Å². The third-order valence-electron chi connectivity index (χ3n) is 4.74. The first kappa shape index (κ1) is 19.8. The van der Waals surface area contributed by atoms with Crippen LogP contribution in [0.2, 0.25) is 0 Å². The number of H-pyrrole nitrogens is 1. The normalized spacial score (nSPS) is 12.4.